The number of ether oxygens (including phenoxy) is 3. The molecule has 2 amide bonds. The molecule has 2 aliphatic carbocycles. The van der Waals surface area contributed by atoms with E-state index in [0.717, 1.165) is 59.7 Å². The standard InChI is InChI=1S/C26H30N8O4.C24H26N8O4/c1-5-38-26(36)19-12-23(33(3)30-19)29-22-13-20(32(2)15-16-6-10-18(37-4)11-7-16)24-27-14-21(34(24)31-22)25(35)28-17-8-9-17;1-30(13-14-4-8-16(36-3)9-5-14)18-11-20(27-21-10-17(24(34)35)28-31(21)2)29-32-19(12-25-22(18)32)23(33)26-15-6-7-15/h6-7,10-14,17H,5,8-9,15H2,1-4H3,(H,28,35)(H,29,31);4-5,8-12,15H,6-7,13H2,1-3H3,(H,26,33)(H,27,29)(H,34,35). The number of aromatic nitrogens is 10. The smallest absolute Gasteiger partial charge is 0.358 e. The Kier molecular flexibility index (Phi) is 14.3. The molecule has 24 heteroatoms. The van der Waals surface area contributed by atoms with Gasteiger partial charge in [-0.1, -0.05) is 24.3 Å². The van der Waals surface area contributed by atoms with Crippen molar-refractivity contribution in [3.05, 3.63) is 119 Å². The zero-order chi connectivity index (χ0) is 52.2. The van der Waals surface area contributed by atoms with E-state index in [0.29, 0.717) is 59.0 Å². The number of rotatable bonds is 19. The van der Waals surface area contributed by atoms with Gasteiger partial charge in [0.1, 0.15) is 23.1 Å². The van der Waals surface area contributed by atoms with Gasteiger partial charge in [-0.2, -0.15) is 10.2 Å². The Labute approximate surface area is 424 Å². The van der Waals surface area contributed by atoms with Crippen LogP contribution >= 0.6 is 0 Å². The van der Waals surface area contributed by atoms with Crippen molar-refractivity contribution in [3.8, 4) is 11.5 Å². The number of carboxylic acid groups (broad SMARTS) is 1. The van der Waals surface area contributed by atoms with Crippen molar-refractivity contribution in [3.63, 3.8) is 0 Å². The van der Waals surface area contributed by atoms with E-state index in [9.17, 15) is 24.3 Å². The highest BCUT2D eigenvalue weighted by atomic mass is 16.5. The van der Waals surface area contributed by atoms with Gasteiger partial charge in [-0.3, -0.25) is 19.0 Å². The molecule has 0 atom stereocenters. The number of nitrogens with zero attached hydrogens (tertiary/aromatic N) is 12. The minimum Gasteiger partial charge on any atom is -0.497 e. The number of amides is 2. The SMILES string of the molecule is CCOC(=O)c1cc(Nc2cc(N(C)Cc3ccc(OC)cc3)c3ncc(C(=O)NC4CC4)n3n2)n(C)n1.COc1ccc(CN(C)c2cc(Nc3cc(C(=O)O)nn3C)nn3c(C(=O)NC4CC4)cnc23)cc1. The summed E-state index contributed by atoms with van der Waals surface area (Å²) in [7, 11) is 10.5. The number of hydrogen-bond acceptors (Lipinski definition) is 17. The van der Waals surface area contributed by atoms with Gasteiger partial charge in [0.2, 0.25) is 0 Å². The highest BCUT2D eigenvalue weighted by Crippen LogP contribution is 2.30. The number of fused-ring (bicyclic) bond motifs is 2. The molecular weight excluding hydrogens is 953 g/mol. The number of carbonyl (C=O) groups excluding carboxylic acids is 3. The minimum atomic E-state index is -1.13. The molecule has 74 heavy (non-hydrogen) atoms. The molecule has 2 saturated carbocycles. The van der Waals surface area contributed by atoms with Crippen LogP contribution in [0.1, 0.15) is 85.7 Å². The van der Waals surface area contributed by atoms with E-state index in [-0.39, 0.29) is 41.9 Å². The number of esters is 1. The van der Waals surface area contributed by atoms with Crippen LogP contribution in [0.2, 0.25) is 0 Å². The maximum atomic E-state index is 12.9. The fraction of sp³-hybridized carbons (Fsp3) is 0.320. The maximum absolute atomic E-state index is 12.9. The predicted molar refractivity (Wildman–Crippen MR) is 273 cm³/mol. The summed E-state index contributed by atoms with van der Waals surface area (Å²) in [4.78, 5) is 62.4. The number of nitrogens with one attached hydrogen (secondary N) is 4. The van der Waals surface area contributed by atoms with Crippen molar-refractivity contribution in [2.75, 3.05) is 55.4 Å². The van der Waals surface area contributed by atoms with Crippen LogP contribution in [0.3, 0.4) is 0 Å². The molecule has 6 aromatic heterocycles. The average Bonchev–Trinajstić information content (AvgIpc) is 4.20. The Bertz CT molecular complexity index is 3350. The summed E-state index contributed by atoms with van der Waals surface area (Å²) in [6.07, 6.45) is 6.93. The predicted octanol–water partition coefficient (Wildman–Crippen LogP) is 5.36. The van der Waals surface area contributed by atoms with Crippen LogP contribution in [-0.2, 0) is 31.9 Å². The number of carbonyl (C=O) groups is 4. The summed E-state index contributed by atoms with van der Waals surface area (Å²) in [6, 6.07) is 22.6. The van der Waals surface area contributed by atoms with E-state index in [1.54, 1.807) is 45.8 Å². The Morgan fingerprint density at radius 3 is 1.43 bits per heavy atom. The molecule has 5 N–H and O–H groups in total. The number of aromatic carboxylic acids is 1. The first kappa shape index (κ1) is 49.7. The molecule has 0 spiro atoms. The number of carboxylic acids is 1. The van der Waals surface area contributed by atoms with E-state index < -0.39 is 11.9 Å². The third-order valence-electron chi connectivity index (χ3n) is 12.1. The Balaban J connectivity index is 0.000000182. The highest BCUT2D eigenvalue weighted by Gasteiger charge is 2.28. The van der Waals surface area contributed by atoms with Crippen LogP contribution in [0.4, 0.5) is 34.6 Å². The molecule has 0 bridgehead atoms. The highest BCUT2D eigenvalue weighted by molar-refractivity contribution is 5.95. The molecule has 2 fully saturated rings. The fourth-order valence-corrected chi connectivity index (χ4v) is 7.89. The number of anilines is 6. The average molecular weight is 1010 g/mol. The van der Waals surface area contributed by atoms with Gasteiger partial charge in [0, 0.05) is 77.6 Å². The zero-order valence-corrected chi connectivity index (χ0v) is 41.9. The summed E-state index contributed by atoms with van der Waals surface area (Å²) < 4.78 is 21.6. The van der Waals surface area contributed by atoms with E-state index in [2.05, 4.69) is 51.6 Å². The lowest BCUT2D eigenvalue weighted by Gasteiger charge is -2.21. The van der Waals surface area contributed by atoms with Crippen molar-refractivity contribution in [1.82, 2.24) is 59.4 Å². The van der Waals surface area contributed by atoms with Crippen molar-refractivity contribution in [2.45, 2.75) is 57.8 Å². The third-order valence-corrected chi connectivity index (χ3v) is 12.1. The Hall–Kier alpha value is -9.22. The van der Waals surface area contributed by atoms with Crippen LogP contribution in [0.5, 0.6) is 11.5 Å². The monoisotopic (exact) mass is 1010 g/mol. The lowest BCUT2D eigenvalue weighted by molar-refractivity contribution is 0.0517. The van der Waals surface area contributed by atoms with E-state index >= 15 is 0 Å². The maximum Gasteiger partial charge on any atom is 0.358 e. The second kappa shape index (κ2) is 21.2. The molecular formula is C50H56N16O8. The molecule has 2 aromatic carbocycles. The summed E-state index contributed by atoms with van der Waals surface area (Å²) in [5.41, 5.74) is 5.43. The van der Waals surface area contributed by atoms with Gasteiger partial charge in [0.25, 0.3) is 11.8 Å². The first-order valence-corrected chi connectivity index (χ1v) is 23.8. The summed E-state index contributed by atoms with van der Waals surface area (Å²) >= 11 is 0. The lowest BCUT2D eigenvalue weighted by atomic mass is 10.2. The van der Waals surface area contributed by atoms with Gasteiger partial charge in [0.15, 0.2) is 45.7 Å². The molecule has 384 valence electrons. The molecule has 0 radical (unpaired) electrons. The Morgan fingerprint density at radius 1 is 0.635 bits per heavy atom. The molecule has 8 aromatic rings. The van der Waals surface area contributed by atoms with Crippen LogP contribution in [0.15, 0.2) is 85.2 Å². The molecule has 6 heterocycles. The molecule has 10 rings (SSSR count). The number of benzene rings is 2. The molecule has 0 aliphatic heterocycles. The number of hydrogen-bond donors (Lipinski definition) is 5. The minimum absolute atomic E-state index is 0.0925. The molecule has 2 aliphatic rings. The topological polar surface area (TPSA) is 267 Å². The van der Waals surface area contributed by atoms with Gasteiger partial charge in [-0.15, -0.1) is 10.2 Å². The second-order valence-electron chi connectivity index (χ2n) is 17.8. The number of imidazole rings is 2. The fourth-order valence-electron chi connectivity index (χ4n) is 7.89. The van der Waals surface area contributed by atoms with Crippen LogP contribution < -0.4 is 40.5 Å². The van der Waals surface area contributed by atoms with E-state index in [1.807, 2.05) is 84.6 Å². The van der Waals surface area contributed by atoms with Crippen LogP contribution in [0, 0.1) is 0 Å². The summed E-state index contributed by atoms with van der Waals surface area (Å²) in [6.45, 7) is 3.14. The van der Waals surface area contributed by atoms with Crippen molar-refractivity contribution in [2.24, 2.45) is 14.1 Å². The second-order valence-corrected chi connectivity index (χ2v) is 17.8. The van der Waals surface area contributed by atoms with Gasteiger partial charge in [-0.05, 0) is 68.0 Å². The molecule has 0 unspecified atom stereocenters. The Morgan fingerprint density at radius 2 is 1.05 bits per heavy atom. The number of methoxy groups -OCH3 is 2. The van der Waals surface area contributed by atoms with Crippen molar-refractivity contribution >= 4 is 69.7 Å². The van der Waals surface area contributed by atoms with Gasteiger partial charge in [0.05, 0.1) is 44.6 Å². The van der Waals surface area contributed by atoms with Crippen molar-refractivity contribution < 1.29 is 38.5 Å². The molecule has 0 saturated heterocycles. The lowest BCUT2D eigenvalue weighted by Crippen LogP contribution is -2.27. The first-order chi connectivity index (χ1) is 35.7. The van der Waals surface area contributed by atoms with Crippen LogP contribution in [-0.4, -0.2) is 125 Å². The van der Waals surface area contributed by atoms with E-state index in [1.165, 1.54) is 32.3 Å². The summed E-state index contributed by atoms with van der Waals surface area (Å²) in [5.74, 6) is 1.28. The van der Waals surface area contributed by atoms with E-state index in [4.69, 9.17) is 14.2 Å². The van der Waals surface area contributed by atoms with Gasteiger partial charge in [-0.25, -0.2) is 28.6 Å². The zero-order valence-electron chi connectivity index (χ0n) is 41.9. The van der Waals surface area contributed by atoms with Gasteiger partial charge >= 0.3 is 11.9 Å². The largest absolute Gasteiger partial charge is 0.497 e. The van der Waals surface area contributed by atoms with Crippen molar-refractivity contribution in [1.29, 1.82) is 0 Å². The summed E-state index contributed by atoms with van der Waals surface area (Å²) in [5, 5.41) is 39.1. The van der Waals surface area contributed by atoms with Crippen LogP contribution in [0.25, 0.3) is 11.3 Å². The quantitative estimate of drug-likeness (QED) is 0.0638. The normalized spacial score (nSPS) is 12.9. The third kappa shape index (κ3) is 11.3. The van der Waals surface area contributed by atoms with Gasteiger partial charge < -0.3 is 50.4 Å². The first-order valence-electron chi connectivity index (χ1n) is 23.8. The molecule has 24 nitrogen and oxygen atoms in total. The number of aryl methyl sites for hydroxylation is 2.